The van der Waals surface area contributed by atoms with Crippen molar-refractivity contribution < 1.29 is 27.7 Å². The Morgan fingerprint density at radius 1 is 1.29 bits per heavy atom. The molecule has 0 aliphatic heterocycles. The molecule has 0 aromatic heterocycles. The van der Waals surface area contributed by atoms with E-state index in [1.807, 2.05) is 0 Å². The van der Waals surface area contributed by atoms with Gasteiger partial charge in [-0.3, -0.25) is 4.79 Å². The Labute approximate surface area is 96.8 Å². The van der Waals surface area contributed by atoms with E-state index in [1.165, 1.54) is 0 Å². The fourth-order valence-electron chi connectivity index (χ4n) is 1.15. The number of amides is 1. The van der Waals surface area contributed by atoms with Crippen LogP contribution in [0.5, 0.6) is 0 Å². The maximum Gasteiger partial charge on any atom is 0.221 e. The number of hydrogen-bond donors (Lipinski definition) is 1. The van der Waals surface area contributed by atoms with Gasteiger partial charge in [0.15, 0.2) is 0 Å². The third kappa shape index (κ3) is 3.26. The predicted molar refractivity (Wildman–Crippen MR) is 53.0 cm³/mol. The maximum atomic E-state index is 10.8. The Morgan fingerprint density at radius 2 is 1.88 bits per heavy atom. The van der Waals surface area contributed by atoms with Gasteiger partial charge in [0.2, 0.25) is 5.91 Å². The summed E-state index contributed by atoms with van der Waals surface area (Å²) in [5, 5.41) is 12.8. The van der Waals surface area contributed by atoms with Gasteiger partial charge in [-0.15, -0.1) is 0 Å². The number of carboxylic acid groups (broad SMARTS) is 1. The lowest BCUT2D eigenvalue weighted by molar-refractivity contribution is -0.254. The van der Waals surface area contributed by atoms with E-state index in [0.717, 1.165) is 25.1 Å². The van der Waals surface area contributed by atoms with Crippen LogP contribution in [0.25, 0.3) is 0 Å². The Bertz CT molecular complexity index is 577. The van der Waals surface area contributed by atoms with Crippen LogP contribution in [0.3, 0.4) is 0 Å². The zero-order valence-electron chi connectivity index (χ0n) is 8.59. The van der Waals surface area contributed by atoms with Gasteiger partial charge in [-0.25, -0.2) is 8.42 Å². The highest BCUT2D eigenvalue weighted by Crippen LogP contribution is 2.20. The maximum absolute atomic E-state index is 10.8. The molecule has 0 saturated carbocycles. The van der Waals surface area contributed by atoms with Crippen LogP contribution >= 0.6 is 0 Å². The number of benzene rings is 1. The molecule has 17 heavy (non-hydrogen) atoms. The van der Waals surface area contributed by atoms with Gasteiger partial charge in [-0.05, 0) is 18.2 Å². The fraction of sp³-hybridized carbons (Fsp3) is 0.111. The van der Waals surface area contributed by atoms with Crippen molar-refractivity contribution in [3.8, 4) is 0 Å². The second kappa shape index (κ2) is 4.52. The van der Waals surface area contributed by atoms with Gasteiger partial charge in [-0.2, -0.15) is 0 Å². The third-order valence-electron chi connectivity index (χ3n) is 1.81. The normalized spacial score (nSPS) is 10.9. The molecule has 1 rings (SSSR count). The summed E-state index contributed by atoms with van der Waals surface area (Å²) in [7, 11) is -4.72. The van der Waals surface area contributed by atoms with Crippen LogP contribution in [0.2, 0.25) is 0 Å². The molecule has 0 radical (unpaired) electrons. The van der Waals surface area contributed by atoms with Crippen LogP contribution < -0.4 is 10.4 Å². The lowest BCUT2D eigenvalue weighted by Crippen LogP contribution is -2.24. The summed E-state index contributed by atoms with van der Waals surface area (Å²) >= 11 is 0. The molecule has 0 unspecified atom stereocenters. The van der Waals surface area contributed by atoms with Gasteiger partial charge in [0.1, 0.15) is 10.1 Å². The van der Waals surface area contributed by atoms with E-state index in [0.29, 0.717) is 0 Å². The molecule has 0 spiro atoms. The molecule has 92 valence electrons. The van der Waals surface area contributed by atoms with Crippen LogP contribution in [-0.4, -0.2) is 24.8 Å². The number of carbonyl (C=O) groups is 2. The molecule has 0 bridgehead atoms. The van der Waals surface area contributed by atoms with Crippen LogP contribution in [-0.2, 0) is 14.9 Å². The molecule has 0 aliphatic rings. The van der Waals surface area contributed by atoms with E-state index in [2.05, 4.69) is 5.32 Å². The Kier molecular flexibility index (Phi) is 3.49. The Hall–Kier alpha value is -1.93. The first-order chi connectivity index (χ1) is 7.71. The first kappa shape index (κ1) is 13.1. The molecule has 0 heterocycles. The van der Waals surface area contributed by atoms with Crippen LogP contribution in [0.15, 0.2) is 23.1 Å². The number of rotatable bonds is 3. The zero-order chi connectivity index (χ0) is 13.2. The van der Waals surface area contributed by atoms with Gasteiger partial charge in [0.25, 0.3) is 0 Å². The molecule has 0 saturated heterocycles. The number of carbonyl (C=O) groups excluding carboxylic acids is 2. The average molecular weight is 257 g/mol. The smallest absolute Gasteiger partial charge is 0.221 e. The monoisotopic (exact) mass is 257 g/mol. The number of nitrogens with one attached hydrogen (secondary N) is 1. The largest absolute Gasteiger partial charge is 0.744 e. The number of aromatic carboxylic acids is 1. The molecule has 1 aromatic rings. The summed E-state index contributed by atoms with van der Waals surface area (Å²) in [6.45, 7) is 1.11. The molecule has 8 heteroatoms. The summed E-state index contributed by atoms with van der Waals surface area (Å²) in [4.78, 5) is 20.8. The molecular weight excluding hydrogens is 250 g/mol. The number of anilines is 1. The van der Waals surface area contributed by atoms with E-state index < -0.39 is 32.5 Å². The highest BCUT2D eigenvalue weighted by atomic mass is 32.2. The average Bonchev–Trinajstić information content (AvgIpc) is 2.14. The third-order valence-corrected chi connectivity index (χ3v) is 2.64. The topological polar surface area (TPSA) is 126 Å². The Morgan fingerprint density at radius 3 is 2.29 bits per heavy atom. The van der Waals surface area contributed by atoms with Crippen molar-refractivity contribution in [1.29, 1.82) is 0 Å². The summed E-state index contributed by atoms with van der Waals surface area (Å²) in [5.74, 6) is -2.20. The second-order valence-electron chi connectivity index (χ2n) is 3.13. The fourth-order valence-corrected chi connectivity index (χ4v) is 1.65. The first-order valence-corrected chi connectivity index (χ1v) is 5.71. The first-order valence-electron chi connectivity index (χ1n) is 4.30. The van der Waals surface area contributed by atoms with E-state index in [4.69, 9.17) is 0 Å². The molecule has 0 atom stereocenters. The van der Waals surface area contributed by atoms with E-state index >= 15 is 0 Å². The predicted octanol–water partition coefficient (Wildman–Crippen LogP) is -1.09. The molecule has 1 N–H and O–H groups in total. The van der Waals surface area contributed by atoms with E-state index in [1.54, 1.807) is 0 Å². The van der Waals surface area contributed by atoms with Gasteiger partial charge in [-0.1, -0.05) is 0 Å². The lowest BCUT2D eigenvalue weighted by atomic mass is 10.2. The molecule has 0 fully saturated rings. The van der Waals surface area contributed by atoms with Crippen molar-refractivity contribution in [3.63, 3.8) is 0 Å². The summed E-state index contributed by atoms with van der Waals surface area (Å²) in [6.07, 6.45) is 0. The van der Waals surface area contributed by atoms with Gasteiger partial charge >= 0.3 is 0 Å². The lowest BCUT2D eigenvalue weighted by Gasteiger charge is -2.14. The standard InChI is InChI=1S/C9H9NO6S/c1-5(11)10-8-4-6(17(14,15)16)2-3-7(8)9(12)13/h2-4H,1H3,(H,10,11)(H,12,13)(H,14,15,16)/p-2. The van der Waals surface area contributed by atoms with Crippen molar-refractivity contribution in [3.05, 3.63) is 23.8 Å². The number of hydrogen-bond acceptors (Lipinski definition) is 6. The minimum Gasteiger partial charge on any atom is -0.744 e. The Balaban J connectivity index is 3.39. The van der Waals surface area contributed by atoms with Gasteiger partial charge < -0.3 is 19.8 Å². The van der Waals surface area contributed by atoms with Gasteiger partial charge in [0, 0.05) is 12.5 Å². The summed E-state index contributed by atoms with van der Waals surface area (Å²) in [6, 6.07) is 2.49. The zero-order valence-corrected chi connectivity index (χ0v) is 9.41. The van der Waals surface area contributed by atoms with Crippen molar-refractivity contribution in [2.75, 3.05) is 5.32 Å². The molecular formula is C9H7NO6S-2. The molecule has 0 aliphatic carbocycles. The minimum atomic E-state index is -4.72. The van der Waals surface area contributed by atoms with Crippen LogP contribution in [0, 0.1) is 0 Å². The van der Waals surface area contributed by atoms with E-state index in [9.17, 15) is 27.7 Å². The van der Waals surface area contributed by atoms with E-state index in [-0.39, 0.29) is 5.69 Å². The van der Waals surface area contributed by atoms with Crippen molar-refractivity contribution in [1.82, 2.24) is 0 Å². The highest BCUT2D eigenvalue weighted by molar-refractivity contribution is 7.85. The molecule has 7 nitrogen and oxygen atoms in total. The van der Waals surface area contributed by atoms with Crippen molar-refractivity contribution >= 4 is 27.7 Å². The molecule has 1 aromatic carbocycles. The molecule has 1 amide bonds. The summed E-state index contributed by atoms with van der Waals surface area (Å²) in [5.41, 5.74) is -0.706. The van der Waals surface area contributed by atoms with Crippen LogP contribution in [0.1, 0.15) is 17.3 Å². The van der Waals surface area contributed by atoms with Crippen molar-refractivity contribution in [2.45, 2.75) is 11.8 Å². The quantitative estimate of drug-likeness (QED) is 0.685. The van der Waals surface area contributed by atoms with Gasteiger partial charge in [0.05, 0.1) is 16.6 Å². The van der Waals surface area contributed by atoms with Crippen LogP contribution in [0.4, 0.5) is 5.69 Å². The highest BCUT2D eigenvalue weighted by Gasteiger charge is 2.09. The SMILES string of the molecule is CC(=O)Nc1cc(S(=O)(=O)[O-])ccc1C(=O)[O-]. The summed E-state index contributed by atoms with van der Waals surface area (Å²) < 4.78 is 32.2. The minimum absolute atomic E-state index is 0.297. The number of carboxylic acids is 1. The van der Waals surface area contributed by atoms with Crippen molar-refractivity contribution in [2.24, 2.45) is 0 Å². The second-order valence-corrected chi connectivity index (χ2v) is 4.51.